The molecule has 0 spiro atoms. The fourth-order valence-electron chi connectivity index (χ4n) is 2.36. The van der Waals surface area contributed by atoms with E-state index in [2.05, 4.69) is 28.4 Å². The minimum Gasteiger partial charge on any atom is -0.473 e. The molecule has 0 amide bonds. The predicted molar refractivity (Wildman–Crippen MR) is 84.6 cm³/mol. The number of benzene rings is 2. The minimum atomic E-state index is 0.0858. The van der Waals surface area contributed by atoms with Gasteiger partial charge in [0.15, 0.2) is 0 Å². The molecule has 1 heterocycles. The van der Waals surface area contributed by atoms with Gasteiger partial charge in [-0.15, -0.1) is 5.10 Å². The van der Waals surface area contributed by atoms with Gasteiger partial charge in [-0.2, -0.15) is 5.10 Å². The summed E-state index contributed by atoms with van der Waals surface area (Å²) in [5, 5.41) is 10.8. The van der Waals surface area contributed by atoms with Gasteiger partial charge in [0, 0.05) is 17.2 Å². The maximum Gasteiger partial charge on any atom is 0.241 e. The number of rotatable bonds is 4. The van der Waals surface area contributed by atoms with Crippen LogP contribution in [0.2, 0.25) is 0 Å². The molecule has 0 N–H and O–H groups in total. The first-order chi connectivity index (χ1) is 10.2. The number of nitrogens with zero attached hydrogens (tertiary/aromatic N) is 2. The quantitative estimate of drug-likeness (QED) is 0.723. The zero-order valence-corrected chi connectivity index (χ0v) is 12.3. The van der Waals surface area contributed by atoms with Gasteiger partial charge >= 0.3 is 0 Å². The van der Waals surface area contributed by atoms with Crippen LogP contribution in [0.1, 0.15) is 25.1 Å². The van der Waals surface area contributed by atoms with E-state index in [1.165, 1.54) is 5.56 Å². The van der Waals surface area contributed by atoms with Crippen LogP contribution < -0.4 is 4.74 Å². The third-order valence-corrected chi connectivity index (χ3v) is 3.29. The van der Waals surface area contributed by atoms with Crippen LogP contribution in [0, 0.1) is 0 Å². The number of ether oxygens (including phenoxy) is 1. The summed E-state index contributed by atoms with van der Waals surface area (Å²) in [6.07, 6.45) is 0.860. The molecule has 3 heteroatoms. The lowest BCUT2D eigenvalue weighted by Crippen LogP contribution is -2.09. The first kappa shape index (κ1) is 13.6. The van der Waals surface area contributed by atoms with Gasteiger partial charge in [0.1, 0.15) is 0 Å². The fourth-order valence-corrected chi connectivity index (χ4v) is 2.36. The van der Waals surface area contributed by atoms with Gasteiger partial charge in [0.25, 0.3) is 0 Å². The summed E-state index contributed by atoms with van der Waals surface area (Å²) in [4.78, 5) is 0. The Balaban J connectivity index is 2.04. The predicted octanol–water partition coefficient (Wildman–Crippen LogP) is 4.01. The Morgan fingerprint density at radius 1 is 0.857 bits per heavy atom. The van der Waals surface area contributed by atoms with Crippen molar-refractivity contribution in [1.82, 2.24) is 10.2 Å². The topological polar surface area (TPSA) is 35.0 Å². The molecule has 106 valence electrons. The molecule has 0 fully saturated rings. The highest BCUT2D eigenvalue weighted by Gasteiger charge is 2.11. The number of aromatic nitrogens is 2. The van der Waals surface area contributed by atoms with Gasteiger partial charge in [0.2, 0.25) is 5.88 Å². The van der Waals surface area contributed by atoms with Gasteiger partial charge in [-0.3, -0.25) is 0 Å². The largest absolute Gasteiger partial charge is 0.473 e. The van der Waals surface area contributed by atoms with Gasteiger partial charge in [-0.25, -0.2) is 0 Å². The number of hydrogen-bond donors (Lipinski definition) is 0. The Morgan fingerprint density at radius 2 is 1.52 bits per heavy atom. The van der Waals surface area contributed by atoms with Crippen molar-refractivity contribution in [2.24, 2.45) is 0 Å². The number of fused-ring (bicyclic) bond motifs is 1. The van der Waals surface area contributed by atoms with Crippen LogP contribution in [0.25, 0.3) is 10.8 Å². The lowest BCUT2D eigenvalue weighted by Gasteiger charge is -2.12. The molecular weight excluding hydrogens is 260 g/mol. The highest BCUT2D eigenvalue weighted by molar-refractivity contribution is 5.88. The van der Waals surface area contributed by atoms with Gasteiger partial charge in [0.05, 0.1) is 11.8 Å². The second-order valence-corrected chi connectivity index (χ2v) is 5.33. The average molecular weight is 278 g/mol. The van der Waals surface area contributed by atoms with Crippen molar-refractivity contribution < 1.29 is 4.74 Å². The van der Waals surface area contributed by atoms with E-state index in [9.17, 15) is 0 Å². The van der Waals surface area contributed by atoms with E-state index in [1.54, 1.807) is 0 Å². The third kappa shape index (κ3) is 3.02. The average Bonchev–Trinajstić information content (AvgIpc) is 2.50. The second-order valence-electron chi connectivity index (χ2n) is 5.33. The first-order valence-electron chi connectivity index (χ1n) is 7.19. The summed E-state index contributed by atoms with van der Waals surface area (Å²) in [5.74, 6) is 0.609. The molecule has 21 heavy (non-hydrogen) atoms. The normalized spacial score (nSPS) is 11.0. The van der Waals surface area contributed by atoms with Crippen LogP contribution in [-0.4, -0.2) is 16.3 Å². The van der Waals surface area contributed by atoms with Crippen molar-refractivity contribution in [3.63, 3.8) is 0 Å². The molecule has 3 nitrogen and oxygen atoms in total. The molecule has 0 atom stereocenters. The molecule has 0 radical (unpaired) electrons. The highest BCUT2D eigenvalue weighted by atomic mass is 16.5. The lowest BCUT2D eigenvalue weighted by atomic mass is 10.0. The van der Waals surface area contributed by atoms with Crippen LogP contribution in [0.3, 0.4) is 0 Å². The van der Waals surface area contributed by atoms with E-state index in [0.717, 1.165) is 22.9 Å². The van der Waals surface area contributed by atoms with Crippen molar-refractivity contribution in [3.8, 4) is 5.88 Å². The van der Waals surface area contributed by atoms with Gasteiger partial charge in [-0.05, 0) is 25.5 Å². The van der Waals surface area contributed by atoms with Crippen molar-refractivity contribution in [1.29, 1.82) is 0 Å². The maximum atomic E-state index is 5.76. The standard InChI is InChI=1S/C18H18N2O/c1-13(2)21-18-16-11-7-6-10-15(16)17(19-20-18)12-14-8-4-3-5-9-14/h3-11,13H,12H2,1-2H3. The molecule has 3 aromatic rings. The molecule has 2 aromatic carbocycles. The summed E-state index contributed by atoms with van der Waals surface area (Å²) in [5.41, 5.74) is 2.21. The Kier molecular flexibility index (Phi) is 3.82. The molecule has 0 bridgehead atoms. The van der Waals surface area contributed by atoms with Crippen molar-refractivity contribution in [3.05, 3.63) is 65.9 Å². The van der Waals surface area contributed by atoms with E-state index < -0.39 is 0 Å². The van der Waals surface area contributed by atoms with E-state index in [0.29, 0.717) is 5.88 Å². The number of hydrogen-bond acceptors (Lipinski definition) is 3. The molecule has 0 unspecified atom stereocenters. The molecule has 0 saturated carbocycles. The first-order valence-corrected chi connectivity index (χ1v) is 7.19. The summed E-state index contributed by atoms with van der Waals surface area (Å²) >= 11 is 0. The van der Waals surface area contributed by atoms with Crippen molar-refractivity contribution in [2.45, 2.75) is 26.4 Å². The Hall–Kier alpha value is -2.42. The summed E-state index contributed by atoms with van der Waals surface area (Å²) in [6, 6.07) is 18.5. The molecule has 1 aromatic heterocycles. The van der Waals surface area contributed by atoms with Crippen LogP contribution in [0.4, 0.5) is 0 Å². The zero-order valence-electron chi connectivity index (χ0n) is 12.3. The van der Waals surface area contributed by atoms with E-state index >= 15 is 0 Å². The molecule has 3 rings (SSSR count). The van der Waals surface area contributed by atoms with Crippen LogP contribution in [0.5, 0.6) is 5.88 Å². The zero-order chi connectivity index (χ0) is 14.7. The SMILES string of the molecule is CC(C)Oc1nnc(Cc2ccccc2)c2ccccc12. The van der Waals surface area contributed by atoms with Crippen molar-refractivity contribution in [2.75, 3.05) is 0 Å². The van der Waals surface area contributed by atoms with Gasteiger partial charge in [-0.1, -0.05) is 48.5 Å². The lowest BCUT2D eigenvalue weighted by molar-refractivity contribution is 0.233. The van der Waals surface area contributed by atoms with Crippen molar-refractivity contribution >= 4 is 10.8 Å². The molecule has 0 aliphatic rings. The molecule has 0 aliphatic heterocycles. The molecule has 0 saturated heterocycles. The Morgan fingerprint density at radius 3 is 2.24 bits per heavy atom. The smallest absolute Gasteiger partial charge is 0.241 e. The summed E-state index contributed by atoms with van der Waals surface area (Å²) in [7, 11) is 0. The van der Waals surface area contributed by atoms with Crippen LogP contribution in [-0.2, 0) is 6.42 Å². The van der Waals surface area contributed by atoms with E-state index in [-0.39, 0.29) is 6.10 Å². The molecule has 0 aliphatic carbocycles. The fraction of sp³-hybridized carbons (Fsp3) is 0.222. The Labute approximate surface area is 124 Å². The monoisotopic (exact) mass is 278 g/mol. The van der Waals surface area contributed by atoms with Crippen LogP contribution >= 0.6 is 0 Å². The second kappa shape index (κ2) is 5.92. The summed E-state index contributed by atoms with van der Waals surface area (Å²) < 4.78 is 5.76. The minimum absolute atomic E-state index is 0.0858. The van der Waals surface area contributed by atoms with E-state index in [4.69, 9.17) is 4.74 Å². The summed E-state index contributed by atoms with van der Waals surface area (Å²) in [6.45, 7) is 3.99. The van der Waals surface area contributed by atoms with Gasteiger partial charge < -0.3 is 4.74 Å². The molecular formula is C18H18N2O. The Bertz CT molecular complexity index is 739. The maximum absolute atomic E-state index is 5.76. The van der Waals surface area contributed by atoms with E-state index in [1.807, 2.05) is 50.2 Å². The van der Waals surface area contributed by atoms with Crippen LogP contribution in [0.15, 0.2) is 54.6 Å². The highest BCUT2D eigenvalue weighted by Crippen LogP contribution is 2.26. The third-order valence-electron chi connectivity index (χ3n) is 3.29.